The zero-order chi connectivity index (χ0) is 17.3. The average Bonchev–Trinajstić information content (AvgIpc) is 2.77. The van der Waals surface area contributed by atoms with E-state index in [2.05, 4.69) is 80.6 Å². The number of ether oxygens (including phenoxy) is 1. The van der Waals surface area contributed by atoms with Gasteiger partial charge in [0.25, 0.3) is 0 Å². The third-order valence-electron chi connectivity index (χ3n) is 5.09. The molecule has 3 heteroatoms. The van der Waals surface area contributed by atoms with Crippen molar-refractivity contribution in [1.82, 2.24) is 0 Å². The molecule has 126 valence electrons. The lowest BCUT2D eigenvalue weighted by atomic mass is 9.80. The number of fused-ring (bicyclic) bond motifs is 1. The van der Waals surface area contributed by atoms with Crippen LogP contribution in [0.1, 0.15) is 25.0 Å². The summed E-state index contributed by atoms with van der Waals surface area (Å²) in [6.45, 7) is 6.70. The molecule has 0 aliphatic carbocycles. The van der Waals surface area contributed by atoms with Gasteiger partial charge >= 0.3 is 0 Å². The van der Waals surface area contributed by atoms with Gasteiger partial charge in [0, 0.05) is 23.8 Å². The van der Waals surface area contributed by atoms with Crippen LogP contribution in [-0.4, -0.2) is 20.2 Å². The molecular formula is C21H26N2O. The summed E-state index contributed by atoms with van der Waals surface area (Å²) < 4.78 is 5.26. The fourth-order valence-corrected chi connectivity index (χ4v) is 3.64. The molecule has 0 fully saturated rings. The van der Waals surface area contributed by atoms with Gasteiger partial charge in [-0.15, -0.1) is 0 Å². The summed E-state index contributed by atoms with van der Waals surface area (Å²) in [5, 5.41) is 3.41. The smallest absolute Gasteiger partial charge is 0.119 e. The van der Waals surface area contributed by atoms with Crippen LogP contribution in [0.15, 0.2) is 54.7 Å². The van der Waals surface area contributed by atoms with E-state index in [0.717, 1.165) is 11.4 Å². The number of benzene rings is 2. The predicted molar refractivity (Wildman–Crippen MR) is 102 cm³/mol. The van der Waals surface area contributed by atoms with E-state index in [4.69, 9.17) is 4.74 Å². The second kappa shape index (κ2) is 6.23. The molecule has 2 aromatic carbocycles. The van der Waals surface area contributed by atoms with Gasteiger partial charge in [0.15, 0.2) is 0 Å². The second-order valence-corrected chi connectivity index (χ2v) is 6.98. The molecular weight excluding hydrogens is 296 g/mol. The van der Waals surface area contributed by atoms with Gasteiger partial charge < -0.3 is 15.0 Å². The molecule has 2 aromatic rings. The maximum absolute atomic E-state index is 5.26. The normalized spacial score (nSPS) is 18.7. The Morgan fingerprint density at radius 2 is 1.92 bits per heavy atom. The number of hydrogen-bond donors (Lipinski definition) is 1. The molecule has 0 aromatic heterocycles. The highest BCUT2D eigenvalue weighted by Gasteiger charge is 2.41. The van der Waals surface area contributed by atoms with Crippen LogP contribution in [0, 0.1) is 6.92 Å². The van der Waals surface area contributed by atoms with Crippen molar-refractivity contribution >= 4 is 11.4 Å². The third kappa shape index (κ3) is 2.75. The molecule has 0 saturated carbocycles. The van der Waals surface area contributed by atoms with Crippen LogP contribution >= 0.6 is 0 Å². The lowest BCUT2D eigenvalue weighted by Crippen LogP contribution is -2.37. The molecule has 3 nitrogen and oxygen atoms in total. The minimum atomic E-state index is 0.0818. The SMILES string of the molecule is COc1ccc(N/C=C/C2N(C)c3ccccc3C2(C)C)c(C)c1. The number of aryl methyl sites for hydroxylation is 1. The number of anilines is 2. The zero-order valence-electron chi connectivity index (χ0n) is 15.1. The Balaban J connectivity index is 1.78. The standard InChI is InChI=1S/C21H26N2O/c1-15-14-16(24-5)10-11-18(15)22-13-12-20-21(2,3)17-8-6-7-9-19(17)23(20)4/h6-14,20,22H,1-5H3/b13-12+. The lowest BCUT2D eigenvalue weighted by Gasteiger charge is -2.29. The van der Waals surface area contributed by atoms with Crippen LogP contribution in [0.2, 0.25) is 0 Å². The third-order valence-corrected chi connectivity index (χ3v) is 5.09. The fraction of sp³-hybridized carbons (Fsp3) is 0.333. The number of nitrogens with one attached hydrogen (secondary N) is 1. The van der Waals surface area contributed by atoms with Crippen LogP contribution in [-0.2, 0) is 5.41 Å². The van der Waals surface area contributed by atoms with Gasteiger partial charge in [0.1, 0.15) is 5.75 Å². The van der Waals surface area contributed by atoms with Crippen LogP contribution in [0.3, 0.4) is 0 Å². The van der Waals surface area contributed by atoms with Gasteiger partial charge in [-0.1, -0.05) is 32.0 Å². The molecule has 1 aliphatic rings. The van der Waals surface area contributed by atoms with Crippen molar-refractivity contribution in [1.29, 1.82) is 0 Å². The van der Waals surface area contributed by atoms with Gasteiger partial charge in [0.2, 0.25) is 0 Å². The van der Waals surface area contributed by atoms with Crippen LogP contribution in [0.25, 0.3) is 0 Å². The maximum Gasteiger partial charge on any atom is 0.119 e. The maximum atomic E-state index is 5.26. The summed E-state index contributed by atoms with van der Waals surface area (Å²) in [6.07, 6.45) is 4.31. The summed E-state index contributed by atoms with van der Waals surface area (Å²) in [5.41, 5.74) is 5.07. The fourth-order valence-electron chi connectivity index (χ4n) is 3.64. The van der Waals surface area contributed by atoms with Crippen molar-refractivity contribution in [3.05, 3.63) is 65.9 Å². The molecule has 1 unspecified atom stereocenters. The van der Waals surface area contributed by atoms with Crippen molar-refractivity contribution in [2.75, 3.05) is 24.4 Å². The van der Waals surface area contributed by atoms with Crippen molar-refractivity contribution in [3.63, 3.8) is 0 Å². The zero-order valence-corrected chi connectivity index (χ0v) is 15.1. The Bertz CT molecular complexity index is 764. The summed E-state index contributed by atoms with van der Waals surface area (Å²) >= 11 is 0. The van der Waals surface area contributed by atoms with E-state index in [1.54, 1.807) is 7.11 Å². The molecule has 3 rings (SSSR count). The molecule has 1 atom stereocenters. The summed E-state index contributed by atoms with van der Waals surface area (Å²) in [4.78, 5) is 2.36. The Hall–Kier alpha value is -2.42. The first-order chi connectivity index (χ1) is 11.4. The predicted octanol–water partition coefficient (Wildman–Crippen LogP) is 4.73. The van der Waals surface area contributed by atoms with Crippen molar-refractivity contribution in [3.8, 4) is 5.75 Å². The van der Waals surface area contributed by atoms with Gasteiger partial charge in [-0.3, -0.25) is 0 Å². The Morgan fingerprint density at radius 1 is 1.17 bits per heavy atom. The molecule has 0 saturated heterocycles. The van der Waals surface area contributed by atoms with E-state index in [-0.39, 0.29) is 5.41 Å². The van der Waals surface area contributed by atoms with E-state index < -0.39 is 0 Å². The monoisotopic (exact) mass is 322 g/mol. The van der Waals surface area contributed by atoms with Gasteiger partial charge in [-0.2, -0.15) is 0 Å². The molecule has 0 radical (unpaired) electrons. The van der Waals surface area contributed by atoms with E-state index in [0.29, 0.717) is 6.04 Å². The van der Waals surface area contributed by atoms with Crippen LogP contribution in [0.5, 0.6) is 5.75 Å². The number of para-hydroxylation sites is 1. The largest absolute Gasteiger partial charge is 0.497 e. The molecule has 0 bridgehead atoms. The average molecular weight is 322 g/mol. The van der Waals surface area contributed by atoms with E-state index >= 15 is 0 Å². The van der Waals surface area contributed by atoms with Crippen molar-refractivity contribution in [2.24, 2.45) is 0 Å². The summed E-state index contributed by atoms with van der Waals surface area (Å²) in [5.74, 6) is 0.883. The Kier molecular flexibility index (Phi) is 4.27. The number of nitrogens with zero attached hydrogens (tertiary/aromatic N) is 1. The van der Waals surface area contributed by atoms with Gasteiger partial charge in [-0.25, -0.2) is 0 Å². The number of likely N-dealkylation sites (N-methyl/N-ethyl adjacent to an activating group) is 1. The minimum Gasteiger partial charge on any atom is -0.497 e. The van der Waals surface area contributed by atoms with Gasteiger partial charge in [-0.05, 0) is 54.6 Å². The van der Waals surface area contributed by atoms with E-state index in [1.807, 2.05) is 12.1 Å². The summed E-state index contributed by atoms with van der Waals surface area (Å²) in [7, 11) is 3.86. The Labute approximate surface area is 145 Å². The molecule has 0 amide bonds. The quantitative estimate of drug-likeness (QED) is 0.881. The van der Waals surface area contributed by atoms with Crippen LogP contribution < -0.4 is 15.0 Å². The van der Waals surface area contributed by atoms with E-state index in [1.165, 1.54) is 16.8 Å². The van der Waals surface area contributed by atoms with E-state index in [9.17, 15) is 0 Å². The van der Waals surface area contributed by atoms with Crippen molar-refractivity contribution in [2.45, 2.75) is 32.2 Å². The second-order valence-electron chi connectivity index (χ2n) is 6.98. The van der Waals surface area contributed by atoms with Crippen LogP contribution in [0.4, 0.5) is 11.4 Å². The molecule has 24 heavy (non-hydrogen) atoms. The number of hydrogen-bond acceptors (Lipinski definition) is 3. The molecule has 1 heterocycles. The molecule has 0 spiro atoms. The first-order valence-electron chi connectivity index (χ1n) is 8.35. The minimum absolute atomic E-state index is 0.0818. The van der Waals surface area contributed by atoms with Crippen molar-refractivity contribution < 1.29 is 4.74 Å². The molecule has 1 aliphatic heterocycles. The summed E-state index contributed by atoms with van der Waals surface area (Å²) in [6, 6.07) is 15.1. The first kappa shape index (κ1) is 16.4. The Morgan fingerprint density at radius 3 is 2.58 bits per heavy atom. The highest BCUT2D eigenvalue weighted by Crippen LogP contribution is 2.44. The molecule has 1 N–H and O–H groups in total. The number of rotatable bonds is 4. The highest BCUT2D eigenvalue weighted by molar-refractivity contribution is 5.65. The first-order valence-corrected chi connectivity index (χ1v) is 8.35. The highest BCUT2D eigenvalue weighted by atomic mass is 16.5. The lowest BCUT2D eigenvalue weighted by molar-refractivity contribution is 0.414. The number of methoxy groups -OCH3 is 1. The van der Waals surface area contributed by atoms with Gasteiger partial charge in [0.05, 0.1) is 13.2 Å². The topological polar surface area (TPSA) is 24.5 Å².